The quantitative estimate of drug-likeness (QED) is 0.449. The average Bonchev–Trinajstić information content (AvgIpc) is 2.53. The highest BCUT2D eigenvalue weighted by Crippen LogP contribution is 2.28. The van der Waals surface area contributed by atoms with Crippen LogP contribution < -0.4 is 0 Å². The molecule has 1 unspecified atom stereocenters. The number of nitrogens with zero attached hydrogens (tertiary/aromatic N) is 2. The van der Waals surface area contributed by atoms with Crippen LogP contribution in [0.3, 0.4) is 0 Å². The van der Waals surface area contributed by atoms with Crippen molar-refractivity contribution in [3.05, 3.63) is 71.7 Å². The normalized spacial score (nSPS) is 11.7. The molecule has 0 spiro atoms. The Labute approximate surface area is 147 Å². The summed E-state index contributed by atoms with van der Waals surface area (Å²) in [6.45, 7) is 1.88. The Morgan fingerprint density at radius 1 is 1.14 bits per heavy atom. The fraction of sp³-hybridized carbons (Fsp3) is 0.118. The van der Waals surface area contributed by atoms with Crippen LogP contribution in [0.1, 0.15) is 26.6 Å². The van der Waals surface area contributed by atoms with Gasteiger partial charge in [-0.05, 0) is 42.8 Å². The Balaban J connectivity index is 0.00000176. The second kappa shape index (κ2) is 7.11. The molecule has 3 aromatic rings. The third kappa shape index (κ3) is 3.42. The van der Waals surface area contributed by atoms with Gasteiger partial charge in [0.15, 0.2) is 5.78 Å². The summed E-state index contributed by atoms with van der Waals surface area (Å²) in [4.78, 5) is 20.7. The molecule has 0 radical (unpaired) electrons. The van der Waals surface area contributed by atoms with Gasteiger partial charge >= 0.3 is 0 Å². The number of halogens is 2. The van der Waals surface area contributed by atoms with E-state index in [0.717, 1.165) is 22.2 Å². The fourth-order valence-electron chi connectivity index (χ4n) is 2.21. The number of Topliss-reactive ketones (excluding diaryl/α,β-unsaturated/α-hetero) is 1. The van der Waals surface area contributed by atoms with Crippen LogP contribution in [0, 0.1) is 6.92 Å². The highest BCUT2D eigenvalue weighted by Gasteiger charge is 2.20. The number of aryl methyl sites for hydroxylation is 1. The van der Waals surface area contributed by atoms with Crippen molar-refractivity contribution in [3.8, 4) is 0 Å². The number of rotatable bonds is 3. The summed E-state index contributed by atoms with van der Waals surface area (Å²) < 4.78 is 0. The maximum Gasteiger partial charge on any atom is 0.199 e. The lowest BCUT2D eigenvalue weighted by molar-refractivity contribution is 0.0986. The van der Waals surface area contributed by atoms with E-state index in [2.05, 4.69) is 25.9 Å². The Morgan fingerprint density at radius 3 is 2.73 bits per heavy atom. The van der Waals surface area contributed by atoms with Gasteiger partial charge in [-0.1, -0.05) is 34.1 Å². The van der Waals surface area contributed by atoms with Crippen LogP contribution >= 0.6 is 32.9 Å². The van der Waals surface area contributed by atoms with Crippen molar-refractivity contribution >= 4 is 49.6 Å². The van der Waals surface area contributed by atoms with Gasteiger partial charge in [-0.25, -0.2) is 4.98 Å². The smallest absolute Gasteiger partial charge is 0.199 e. The van der Waals surface area contributed by atoms with Gasteiger partial charge in [0.1, 0.15) is 10.5 Å². The lowest BCUT2D eigenvalue weighted by Gasteiger charge is -2.10. The van der Waals surface area contributed by atoms with Crippen LogP contribution in [0.15, 0.2) is 54.7 Å². The molecule has 3 nitrogen and oxygen atoms in total. The van der Waals surface area contributed by atoms with Crippen molar-refractivity contribution in [1.82, 2.24) is 9.97 Å². The third-order valence-electron chi connectivity index (χ3n) is 3.29. The van der Waals surface area contributed by atoms with Crippen molar-refractivity contribution in [2.75, 3.05) is 0 Å². The molecule has 0 aliphatic rings. The molecule has 0 aliphatic carbocycles. The van der Waals surface area contributed by atoms with E-state index < -0.39 is 4.83 Å². The van der Waals surface area contributed by atoms with Crippen molar-refractivity contribution < 1.29 is 4.79 Å². The molecule has 0 amide bonds. The molecule has 0 aliphatic heterocycles. The summed E-state index contributed by atoms with van der Waals surface area (Å²) in [6.07, 6.45) is 1.76. The lowest BCUT2D eigenvalue weighted by atomic mass is 10.0. The van der Waals surface area contributed by atoms with E-state index >= 15 is 0 Å². The number of ketones is 1. The Kier molecular flexibility index (Phi) is 5.42. The van der Waals surface area contributed by atoms with Gasteiger partial charge < -0.3 is 0 Å². The van der Waals surface area contributed by atoms with Gasteiger partial charge in [-0.15, -0.1) is 17.0 Å². The van der Waals surface area contributed by atoms with Crippen LogP contribution in [-0.2, 0) is 0 Å². The summed E-state index contributed by atoms with van der Waals surface area (Å²) in [5, 5.41) is 1.02. The van der Waals surface area contributed by atoms with E-state index in [0.29, 0.717) is 5.69 Å². The van der Waals surface area contributed by atoms with Crippen LogP contribution in [0.4, 0.5) is 0 Å². The zero-order valence-corrected chi connectivity index (χ0v) is 15.2. The van der Waals surface area contributed by atoms with Crippen molar-refractivity contribution in [2.24, 2.45) is 0 Å². The highest BCUT2D eigenvalue weighted by atomic mass is 79.9. The monoisotopic (exact) mass is 420 g/mol. The summed E-state index contributed by atoms with van der Waals surface area (Å²) in [7, 11) is 0. The standard InChI is InChI=1S/C17H13BrN2O.BrH/c1-11-4-2-6-15(20-11)17(21)16(18)13-7-8-14-12(10-13)5-3-9-19-14;/h2-10,16H,1H3;1H. The number of hydrogen-bond acceptors (Lipinski definition) is 3. The topological polar surface area (TPSA) is 42.9 Å². The minimum Gasteiger partial charge on any atom is -0.291 e. The van der Waals surface area contributed by atoms with E-state index in [1.54, 1.807) is 12.3 Å². The molecule has 0 fully saturated rings. The van der Waals surface area contributed by atoms with Gasteiger partial charge in [-0.2, -0.15) is 0 Å². The zero-order chi connectivity index (χ0) is 14.8. The molecule has 1 aromatic carbocycles. The largest absolute Gasteiger partial charge is 0.291 e. The highest BCUT2D eigenvalue weighted by molar-refractivity contribution is 9.09. The molecular formula is C17H14Br2N2O. The second-order valence-corrected chi connectivity index (χ2v) is 5.76. The van der Waals surface area contributed by atoms with E-state index in [4.69, 9.17) is 0 Å². The molecule has 112 valence electrons. The number of carbonyl (C=O) groups excluding carboxylic acids is 1. The molecule has 22 heavy (non-hydrogen) atoms. The first-order chi connectivity index (χ1) is 10.1. The maximum atomic E-state index is 12.5. The fourth-order valence-corrected chi connectivity index (χ4v) is 2.73. The van der Waals surface area contributed by atoms with Crippen LogP contribution in [0.5, 0.6) is 0 Å². The maximum absolute atomic E-state index is 12.5. The summed E-state index contributed by atoms with van der Waals surface area (Å²) in [5.74, 6) is -0.0399. The van der Waals surface area contributed by atoms with Gasteiger partial charge in [0, 0.05) is 17.3 Å². The van der Waals surface area contributed by atoms with Crippen LogP contribution in [0.2, 0.25) is 0 Å². The number of aromatic nitrogens is 2. The predicted octanol–water partition coefficient (Wildman–Crippen LogP) is 4.84. The number of benzene rings is 1. The van der Waals surface area contributed by atoms with Gasteiger partial charge in [0.25, 0.3) is 0 Å². The van der Waals surface area contributed by atoms with Gasteiger partial charge in [0.05, 0.1) is 5.52 Å². The van der Waals surface area contributed by atoms with Gasteiger partial charge in [0.2, 0.25) is 0 Å². The summed E-state index contributed by atoms with van der Waals surface area (Å²) in [6, 6.07) is 15.2. The summed E-state index contributed by atoms with van der Waals surface area (Å²) in [5.41, 5.74) is 3.14. The number of fused-ring (bicyclic) bond motifs is 1. The molecule has 0 bridgehead atoms. The molecule has 0 saturated carbocycles. The minimum absolute atomic E-state index is 0. The average molecular weight is 422 g/mol. The summed E-state index contributed by atoms with van der Waals surface area (Å²) >= 11 is 3.49. The number of pyridine rings is 2. The van der Waals surface area contributed by atoms with E-state index in [9.17, 15) is 4.79 Å². The van der Waals surface area contributed by atoms with Crippen molar-refractivity contribution in [1.29, 1.82) is 0 Å². The zero-order valence-electron chi connectivity index (χ0n) is 11.9. The Morgan fingerprint density at radius 2 is 1.95 bits per heavy atom. The van der Waals surface area contributed by atoms with Crippen LogP contribution in [-0.4, -0.2) is 15.8 Å². The second-order valence-electron chi connectivity index (χ2n) is 4.85. The molecule has 2 heterocycles. The number of carbonyl (C=O) groups is 1. The van der Waals surface area contributed by atoms with E-state index in [1.807, 2.05) is 49.4 Å². The van der Waals surface area contributed by atoms with Crippen molar-refractivity contribution in [2.45, 2.75) is 11.8 Å². The molecular weight excluding hydrogens is 408 g/mol. The SMILES string of the molecule is Br.Cc1cccc(C(=O)C(Br)c2ccc3ncccc3c2)n1. The first kappa shape index (κ1) is 16.8. The third-order valence-corrected chi connectivity index (χ3v) is 4.24. The number of hydrogen-bond donors (Lipinski definition) is 0. The molecule has 0 saturated heterocycles. The molecule has 5 heteroatoms. The van der Waals surface area contributed by atoms with E-state index in [-0.39, 0.29) is 22.8 Å². The number of alkyl halides is 1. The Hall–Kier alpha value is -1.59. The molecule has 1 atom stereocenters. The van der Waals surface area contributed by atoms with E-state index in [1.165, 1.54) is 0 Å². The molecule has 3 rings (SSSR count). The minimum atomic E-state index is -0.406. The van der Waals surface area contributed by atoms with Gasteiger partial charge in [-0.3, -0.25) is 9.78 Å². The molecule has 2 aromatic heterocycles. The molecule has 0 N–H and O–H groups in total. The predicted molar refractivity (Wildman–Crippen MR) is 97.0 cm³/mol. The van der Waals surface area contributed by atoms with Crippen LogP contribution in [0.25, 0.3) is 10.9 Å². The van der Waals surface area contributed by atoms with Crippen molar-refractivity contribution in [3.63, 3.8) is 0 Å². The lowest BCUT2D eigenvalue weighted by Crippen LogP contribution is -2.09. The Bertz CT molecular complexity index is 820. The first-order valence-electron chi connectivity index (χ1n) is 6.62. The first-order valence-corrected chi connectivity index (χ1v) is 7.53.